The molecule has 2 heterocycles. The van der Waals surface area contributed by atoms with Crippen LogP contribution in [0.25, 0.3) is 0 Å². The molecule has 0 bridgehead atoms. The molecule has 1 unspecified atom stereocenters. The SMILES string of the molecule is CC1CC(=O)N(c2ccccc2C(=O)OC[C@@H]2C[C@H](CCc3ccccc3)CN(CCCc3ccccc3)C2)C1=O. The van der Waals surface area contributed by atoms with Crippen LogP contribution in [-0.4, -0.2) is 48.9 Å². The molecule has 41 heavy (non-hydrogen) atoms. The Morgan fingerprint density at radius 1 is 0.829 bits per heavy atom. The summed E-state index contributed by atoms with van der Waals surface area (Å²) < 4.78 is 5.88. The topological polar surface area (TPSA) is 66.9 Å². The van der Waals surface area contributed by atoms with Crippen molar-refractivity contribution in [2.24, 2.45) is 17.8 Å². The highest BCUT2D eigenvalue weighted by Crippen LogP contribution is 2.31. The number of likely N-dealkylation sites (tertiary alicyclic amines) is 1. The fourth-order valence-corrected chi connectivity index (χ4v) is 6.25. The summed E-state index contributed by atoms with van der Waals surface area (Å²) >= 11 is 0. The summed E-state index contributed by atoms with van der Waals surface area (Å²) in [5.41, 5.74) is 3.30. The number of rotatable bonds is 11. The van der Waals surface area contributed by atoms with Crippen LogP contribution < -0.4 is 4.90 Å². The molecule has 0 N–H and O–H groups in total. The van der Waals surface area contributed by atoms with Crippen molar-refractivity contribution in [3.05, 3.63) is 102 Å². The van der Waals surface area contributed by atoms with E-state index in [1.54, 1.807) is 31.2 Å². The van der Waals surface area contributed by atoms with Gasteiger partial charge in [-0.25, -0.2) is 9.69 Å². The highest BCUT2D eigenvalue weighted by molar-refractivity contribution is 6.22. The summed E-state index contributed by atoms with van der Waals surface area (Å²) in [6.07, 6.45) is 5.45. The van der Waals surface area contributed by atoms with Gasteiger partial charge in [0.05, 0.1) is 17.9 Å². The number of aryl methyl sites for hydroxylation is 2. The highest BCUT2D eigenvalue weighted by atomic mass is 16.5. The largest absolute Gasteiger partial charge is 0.462 e. The van der Waals surface area contributed by atoms with Crippen molar-refractivity contribution in [2.45, 2.75) is 45.4 Å². The van der Waals surface area contributed by atoms with Gasteiger partial charge < -0.3 is 9.64 Å². The zero-order chi connectivity index (χ0) is 28.6. The van der Waals surface area contributed by atoms with Crippen molar-refractivity contribution < 1.29 is 19.1 Å². The van der Waals surface area contributed by atoms with Gasteiger partial charge in [-0.2, -0.15) is 0 Å². The maximum absolute atomic E-state index is 13.3. The van der Waals surface area contributed by atoms with Crippen molar-refractivity contribution in [3.8, 4) is 0 Å². The Morgan fingerprint density at radius 2 is 1.46 bits per heavy atom. The molecule has 2 aliphatic heterocycles. The monoisotopic (exact) mass is 552 g/mol. The number of hydrogen-bond acceptors (Lipinski definition) is 5. The Bertz CT molecular complexity index is 1330. The molecule has 0 aliphatic carbocycles. The van der Waals surface area contributed by atoms with E-state index in [0.29, 0.717) is 18.2 Å². The Labute approximate surface area is 243 Å². The minimum Gasteiger partial charge on any atom is -0.462 e. The van der Waals surface area contributed by atoms with Crippen LogP contribution in [0.1, 0.15) is 54.1 Å². The van der Waals surface area contributed by atoms with Gasteiger partial charge in [-0.15, -0.1) is 0 Å². The van der Waals surface area contributed by atoms with E-state index >= 15 is 0 Å². The lowest BCUT2D eigenvalue weighted by Gasteiger charge is -2.38. The first-order chi connectivity index (χ1) is 20.0. The number of piperidine rings is 1. The lowest BCUT2D eigenvalue weighted by atomic mass is 9.85. The molecule has 0 radical (unpaired) electrons. The summed E-state index contributed by atoms with van der Waals surface area (Å²) in [5.74, 6) is -0.653. The van der Waals surface area contributed by atoms with E-state index < -0.39 is 5.97 Å². The standard InChI is InChI=1S/C35H40N2O4/c1-26-21-33(38)37(34(26)39)32-17-9-8-16-31(32)35(40)41-25-30-22-29(19-18-28-13-6-3-7-14-28)23-36(24-30)20-10-15-27-11-4-2-5-12-27/h2-9,11-14,16-17,26,29-30H,10,15,18-25H2,1H3/t26?,29-,30+/m0/s1. The molecule has 2 fully saturated rings. The van der Waals surface area contributed by atoms with E-state index in [9.17, 15) is 14.4 Å². The Balaban J connectivity index is 1.22. The third-order valence-corrected chi connectivity index (χ3v) is 8.35. The highest BCUT2D eigenvalue weighted by Gasteiger charge is 2.38. The lowest BCUT2D eigenvalue weighted by Crippen LogP contribution is -2.43. The summed E-state index contributed by atoms with van der Waals surface area (Å²) in [6, 6.07) is 28.0. The van der Waals surface area contributed by atoms with Gasteiger partial charge in [0, 0.05) is 31.3 Å². The molecule has 6 heteroatoms. The van der Waals surface area contributed by atoms with Gasteiger partial charge in [-0.3, -0.25) is 9.59 Å². The van der Waals surface area contributed by atoms with Gasteiger partial charge in [0.2, 0.25) is 11.8 Å². The number of benzene rings is 3. The van der Waals surface area contributed by atoms with Crippen molar-refractivity contribution >= 4 is 23.5 Å². The van der Waals surface area contributed by atoms with Crippen LogP contribution in [0.3, 0.4) is 0 Å². The summed E-state index contributed by atoms with van der Waals surface area (Å²) in [7, 11) is 0. The Hall–Kier alpha value is -3.77. The zero-order valence-corrected chi connectivity index (χ0v) is 23.9. The first-order valence-electron chi connectivity index (χ1n) is 14.9. The number of esters is 1. The number of nitrogens with zero attached hydrogens (tertiary/aromatic N) is 2. The van der Waals surface area contributed by atoms with Crippen LogP contribution in [0.4, 0.5) is 5.69 Å². The number of hydrogen-bond donors (Lipinski definition) is 0. The van der Waals surface area contributed by atoms with E-state index in [4.69, 9.17) is 4.74 Å². The number of carbonyl (C=O) groups is 3. The fourth-order valence-electron chi connectivity index (χ4n) is 6.25. The molecule has 2 aliphatic rings. The molecule has 3 aromatic rings. The molecule has 0 saturated carbocycles. The summed E-state index contributed by atoms with van der Waals surface area (Å²) in [5, 5.41) is 0. The number of carbonyl (C=O) groups excluding carboxylic acids is 3. The quantitative estimate of drug-likeness (QED) is 0.217. The van der Waals surface area contributed by atoms with Crippen LogP contribution in [0.5, 0.6) is 0 Å². The van der Waals surface area contributed by atoms with Crippen LogP contribution in [0.2, 0.25) is 0 Å². The second-order valence-corrected chi connectivity index (χ2v) is 11.6. The van der Waals surface area contributed by atoms with E-state index in [1.807, 2.05) is 0 Å². The second-order valence-electron chi connectivity index (χ2n) is 11.6. The smallest absolute Gasteiger partial charge is 0.340 e. The van der Waals surface area contributed by atoms with E-state index in [-0.39, 0.29) is 35.6 Å². The maximum Gasteiger partial charge on any atom is 0.340 e. The minimum absolute atomic E-state index is 0.161. The Kier molecular flexibility index (Phi) is 9.63. The van der Waals surface area contributed by atoms with Gasteiger partial charge >= 0.3 is 5.97 Å². The minimum atomic E-state index is -0.484. The molecule has 6 nitrogen and oxygen atoms in total. The Morgan fingerprint density at radius 3 is 2.15 bits per heavy atom. The molecular formula is C35H40N2O4. The van der Waals surface area contributed by atoms with Crippen LogP contribution >= 0.6 is 0 Å². The van der Waals surface area contributed by atoms with E-state index in [2.05, 4.69) is 65.6 Å². The summed E-state index contributed by atoms with van der Waals surface area (Å²) in [4.78, 5) is 42.2. The van der Waals surface area contributed by atoms with Crippen LogP contribution in [0, 0.1) is 17.8 Å². The second kappa shape index (κ2) is 13.7. The molecule has 5 rings (SSSR count). The van der Waals surface area contributed by atoms with Gasteiger partial charge in [0.1, 0.15) is 0 Å². The molecule has 2 amide bonds. The first kappa shape index (κ1) is 28.7. The predicted molar refractivity (Wildman–Crippen MR) is 161 cm³/mol. The molecule has 3 atom stereocenters. The number of para-hydroxylation sites is 1. The van der Waals surface area contributed by atoms with Crippen molar-refractivity contribution in [3.63, 3.8) is 0 Å². The van der Waals surface area contributed by atoms with Crippen molar-refractivity contribution in [2.75, 3.05) is 31.1 Å². The third-order valence-electron chi connectivity index (χ3n) is 8.35. The molecule has 214 valence electrons. The van der Waals surface area contributed by atoms with Gasteiger partial charge in [-0.05, 0) is 67.8 Å². The normalized spacial score (nSPS) is 21.3. The van der Waals surface area contributed by atoms with Crippen LogP contribution in [-0.2, 0) is 27.2 Å². The number of ether oxygens (including phenoxy) is 1. The van der Waals surface area contributed by atoms with Crippen LogP contribution in [0.15, 0.2) is 84.9 Å². The van der Waals surface area contributed by atoms with Gasteiger partial charge in [0.25, 0.3) is 0 Å². The molecular weight excluding hydrogens is 512 g/mol. The van der Waals surface area contributed by atoms with Crippen molar-refractivity contribution in [1.82, 2.24) is 4.90 Å². The molecule has 0 aromatic heterocycles. The third kappa shape index (κ3) is 7.50. The number of amides is 2. The van der Waals surface area contributed by atoms with Gasteiger partial charge in [0.15, 0.2) is 0 Å². The average Bonchev–Trinajstić information content (AvgIpc) is 3.26. The number of anilines is 1. The zero-order valence-electron chi connectivity index (χ0n) is 23.9. The number of imide groups is 1. The fraction of sp³-hybridized carbons (Fsp3) is 0.400. The van der Waals surface area contributed by atoms with E-state index in [1.165, 1.54) is 11.1 Å². The maximum atomic E-state index is 13.3. The first-order valence-corrected chi connectivity index (χ1v) is 14.9. The molecule has 0 spiro atoms. The average molecular weight is 553 g/mol. The van der Waals surface area contributed by atoms with Gasteiger partial charge in [-0.1, -0.05) is 79.7 Å². The van der Waals surface area contributed by atoms with Crippen molar-refractivity contribution in [1.29, 1.82) is 0 Å². The van der Waals surface area contributed by atoms with E-state index in [0.717, 1.165) is 56.6 Å². The molecule has 3 aromatic carbocycles. The predicted octanol–water partition coefficient (Wildman–Crippen LogP) is 5.95. The summed E-state index contributed by atoms with van der Waals surface area (Å²) in [6.45, 7) is 5.03. The molecule has 2 saturated heterocycles. The lowest BCUT2D eigenvalue weighted by molar-refractivity contribution is -0.122.